The second kappa shape index (κ2) is 10.2. The Labute approximate surface area is 188 Å². The Kier molecular flexibility index (Phi) is 6.97. The predicted molar refractivity (Wildman–Crippen MR) is 122 cm³/mol. The van der Waals surface area contributed by atoms with E-state index in [4.69, 9.17) is 0 Å². The Morgan fingerprint density at radius 3 is 2.28 bits per heavy atom. The Bertz CT molecular complexity index is 969. The maximum Gasteiger partial charge on any atom is 0.325 e. The van der Waals surface area contributed by atoms with Gasteiger partial charge in [0.25, 0.3) is 5.91 Å². The highest BCUT2D eigenvalue weighted by Crippen LogP contribution is 2.15. The van der Waals surface area contributed by atoms with Crippen LogP contribution in [0.3, 0.4) is 0 Å². The standard InChI is InChI=1S/C25H28N4O3/c30-23(18-22-24(31)29(25(32)26-22)19-21-10-5-2-6-11-21)28-16-14-27(15-17-28)13-7-12-20-8-3-1-4-9-20/h1-12,22H,13-19H2,(H,26,32)/b12-7+. The fourth-order valence-corrected chi connectivity index (χ4v) is 4.02. The summed E-state index contributed by atoms with van der Waals surface area (Å²) in [6.45, 7) is 3.88. The van der Waals surface area contributed by atoms with Gasteiger partial charge in [-0.05, 0) is 11.1 Å². The first-order valence-electron chi connectivity index (χ1n) is 11.0. The monoisotopic (exact) mass is 432 g/mol. The zero-order chi connectivity index (χ0) is 22.3. The maximum absolute atomic E-state index is 12.7. The third-order valence-electron chi connectivity index (χ3n) is 5.87. The number of nitrogens with zero attached hydrogens (tertiary/aromatic N) is 3. The zero-order valence-corrected chi connectivity index (χ0v) is 18.0. The van der Waals surface area contributed by atoms with E-state index in [1.54, 1.807) is 4.90 Å². The number of carbonyl (C=O) groups excluding carboxylic acids is 3. The first kappa shape index (κ1) is 21.8. The van der Waals surface area contributed by atoms with Gasteiger partial charge < -0.3 is 10.2 Å². The van der Waals surface area contributed by atoms with Crippen LogP contribution in [0.15, 0.2) is 66.7 Å². The van der Waals surface area contributed by atoms with Crippen LogP contribution in [0.1, 0.15) is 17.5 Å². The van der Waals surface area contributed by atoms with E-state index in [-0.39, 0.29) is 24.8 Å². The highest BCUT2D eigenvalue weighted by Gasteiger charge is 2.39. The summed E-state index contributed by atoms with van der Waals surface area (Å²) in [6, 6.07) is 18.3. The lowest BCUT2D eigenvalue weighted by Crippen LogP contribution is -2.50. The molecule has 0 spiro atoms. The van der Waals surface area contributed by atoms with E-state index in [0.29, 0.717) is 13.1 Å². The van der Waals surface area contributed by atoms with Crippen LogP contribution in [-0.2, 0) is 16.1 Å². The highest BCUT2D eigenvalue weighted by molar-refractivity contribution is 6.05. The Hall–Kier alpha value is -3.45. The normalized spacial score (nSPS) is 19.6. The molecule has 1 N–H and O–H groups in total. The number of piperazine rings is 1. The number of nitrogens with one attached hydrogen (secondary N) is 1. The topological polar surface area (TPSA) is 73.0 Å². The number of rotatable bonds is 7. The second-order valence-corrected chi connectivity index (χ2v) is 8.11. The van der Waals surface area contributed by atoms with E-state index < -0.39 is 12.1 Å². The van der Waals surface area contributed by atoms with Gasteiger partial charge >= 0.3 is 6.03 Å². The van der Waals surface area contributed by atoms with Gasteiger partial charge in [-0.15, -0.1) is 0 Å². The van der Waals surface area contributed by atoms with Crippen molar-refractivity contribution in [2.75, 3.05) is 32.7 Å². The number of hydrogen-bond acceptors (Lipinski definition) is 4. The number of imide groups is 1. The molecular weight excluding hydrogens is 404 g/mol. The summed E-state index contributed by atoms with van der Waals surface area (Å²) < 4.78 is 0. The van der Waals surface area contributed by atoms with Gasteiger partial charge in [-0.25, -0.2) is 4.79 Å². The van der Waals surface area contributed by atoms with Gasteiger partial charge in [0.05, 0.1) is 13.0 Å². The molecule has 32 heavy (non-hydrogen) atoms. The molecule has 0 saturated carbocycles. The van der Waals surface area contributed by atoms with Gasteiger partial charge in [-0.1, -0.05) is 72.8 Å². The lowest BCUT2D eigenvalue weighted by Gasteiger charge is -2.34. The number of hydrogen-bond donors (Lipinski definition) is 1. The van der Waals surface area contributed by atoms with Crippen LogP contribution in [-0.4, -0.2) is 71.3 Å². The first-order chi connectivity index (χ1) is 15.6. The van der Waals surface area contributed by atoms with Crippen molar-refractivity contribution in [2.24, 2.45) is 0 Å². The highest BCUT2D eigenvalue weighted by atomic mass is 16.2. The average Bonchev–Trinajstić information content (AvgIpc) is 3.08. The molecule has 2 heterocycles. The van der Waals surface area contributed by atoms with Crippen molar-refractivity contribution in [1.29, 1.82) is 0 Å². The molecule has 4 rings (SSSR count). The Balaban J connectivity index is 1.23. The molecule has 2 fully saturated rings. The summed E-state index contributed by atoms with van der Waals surface area (Å²) in [5.74, 6) is -0.429. The van der Waals surface area contributed by atoms with Crippen LogP contribution < -0.4 is 5.32 Å². The molecule has 2 aromatic carbocycles. The molecule has 1 unspecified atom stereocenters. The number of amides is 4. The number of urea groups is 1. The first-order valence-corrected chi connectivity index (χ1v) is 11.0. The fourth-order valence-electron chi connectivity index (χ4n) is 4.02. The maximum atomic E-state index is 12.7. The van der Waals surface area contributed by atoms with Crippen LogP contribution in [0.25, 0.3) is 6.08 Å². The smallest absolute Gasteiger partial charge is 0.325 e. The van der Waals surface area contributed by atoms with E-state index in [1.807, 2.05) is 48.5 Å². The van der Waals surface area contributed by atoms with Crippen molar-refractivity contribution in [3.05, 3.63) is 77.9 Å². The second-order valence-electron chi connectivity index (χ2n) is 8.11. The molecule has 7 heteroatoms. The summed E-state index contributed by atoms with van der Waals surface area (Å²) in [5, 5.41) is 2.67. The van der Waals surface area contributed by atoms with Crippen LogP contribution in [0, 0.1) is 0 Å². The van der Waals surface area contributed by atoms with Gasteiger partial charge in [0.2, 0.25) is 5.91 Å². The van der Waals surface area contributed by atoms with Crippen molar-refractivity contribution in [1.82, 2.24) is 20.0 Å². The zero-order valence-electron chi connectivity index (χ0n) is 18.0. The SMILES string of the molecule is O=C(CC1NC(=O)N(Cc2ccccc2)C1=O)N1CCN(C/C=C/c2ccccc2)CC1. The third-order valence-corrected chi connectivity index (χ3v) is 5.87. The number of carbonyl (C=O) groups is 3. The van der Waals surface area contributed by atoms with Crippen molar-refractivity contribution < 1.29 is 14.4 Å². The number of benzene rings is 2. The third kappa shape index (κ3) is 5.42. The predicted octanol–water partition coefficient (Wildman–Crippen LogP) is 2.35. The van der Waals surface area contributed by atoms with Crippen LogP contribution in [0.5, 0.6) is 0 Å². The summed E-state index contributed by atoms with van der Waals surface area (Å²) in [7, 11) is 0. The van der Waals surface area contributed by atoms with E-state index in [0.717, 1.165) is 25.2 Å². The van der Waals surface area contributed by atoms with Crippen LogP contribution >= 0.6 is 0 Å². The Morgan fingerprint density at radius 1 is 0.938 bits per heavy atom. The molecule has 4 amide bonds. The van der Waals surface area contributed by atoms with Gasteiger partial charge in [0.1, 0.15) is 6.04 Å². The molecule has 0 aromatic heterocycles. The lowest BCUT2D eigenvalue weighted by atomic mass is 10.1. The molecular formula is C25H28N4O3. The summed E-state index contributed by atoms with van der Waals surface area (Å²) in [6.07, 6.45) is 4.25. The summed E-state index contributed by atoms with van der Waals surface area (Å²) in [4.78, 5) is 43.0. The van der Waals surface area contributed by atoms with E-state index >= 15 is 0 Å². The molecule has 166 valence electrons. The van der Waals surface area contributed by atoms with Crippen molar-refractivity contribution in [3.63, 3.8) is 0 Å². The van der Waals surface area contributed by atoms with Crippen molar-refractivity contribution >= 4 is 23.9 Å². The minimum Gasteiger partial charge on any atom is -0.340 e. The molecule has 1 atom stereocenters. The van der Waals surface area contributed by atoms with Crippen LogP contribution in [0.4, 0.5) is 4.79 Å². The molecule has 2 aliphatic heterocycles. The van der Waals surface area contributed by atoms with Gasteiger partial charge in [0.15, 0.2) is 0 Å². The van der Waals surface area contributed by atoms with Crippen LogP contribution in [0.2, 0.25) is 0 Å². The van der Waals surface area contributed by atoms with E-state index in [2.05, 4.69) is 34.5 Å². The molecule has 2 aliphatic rings. The summed E-state index contributed by atoms with van der Waals surface area (Å²) >= 11 is 0. The van der Waals surface area contributed by atoms with E-state index in [1.165, 1.54) is 10.5 Å². The molecule has 0 bridgehead atoms. The largest absolute Gasteiger partial charge is 0.340 e. The van der Waals surface area contributed by atoms with Gasteiger partial charge in [0, 0.05) is 32.7 Å². The minimum absolute atomic E-state index is 0.00374. The molecule has 2 saturated heterocycles. The van der Waals surface area contributed by atoms with Gasteiger partial charge in [-0.3, -0.25) is 19.4 Å². The lowest BCUT2D eigenvalue weighted by molar-refractivity contribution is -0.137. The van der Waals surface area contributed by atoms with E-state index in [9.17, 15) is 14.4 Å². The van der Waals surface area contributed by atoms with Gasteiger partial charge in [-0.2, -0.15) is 0 Å². The average molecular weight is 433 g/mol. The quantitative estimate of drug-likeness (QED) is 0.682. The summed E-state index contributed by atoms with van der Waals surface area (Å²) in [5.41, 5.74) is 2.05. The molecule has 0 radical (unpaired) electrons. The van der Waals surface area contributed by atoms with Crippen molar-refractivity contribution in [3.8, 4) is 0 Å². The molecule has 2 aromatic rings. The fraction of sp³-hybridized carbons (Fsp3) is 0.320. The Morgan fingerprint density at radius 2 is 1.59 bits per heavy atom. The van der Waals surface area contributed by atoms with Crippen molar-refractivity contribution in [2.45, 2.75) is 19.0 Å². The molecule has 7 nitrogen and oxygen atoms in total. The molecule has 0 aliphatic carbocycles. The minimum atomic E-state index is -0.787.